The van der Waals surface area contributed by atoms with E-state index in [1.807, 2.05) is 42.5 Å². The van der Waals surface area contributed by atoms with Gasteiger partial charge in [-0.15, -0.1) is 0 Å². The summed E-state index contributed by atoms with van der Waals surface area (Å²) in [6, 6.07) is 28.8. The SMILES string of the molecule is NCCCCCOC[C@H]1O[C@H](OCCc2c[nH]c3ccccc23)[C@H](OCc2ccccc2)C[C@@H]1OCc1ccccc1. The molecule has 0 amide bonds. The zero-order valence-corrected chi connectivity index (χ0v) is 24.4. The maximum atomic E-state index is 6.60. The third-order valence-electron chi connectivity index (χ3n) is 7.71. The molecule has 7 nitrogen and oxygen atoms in total. The number of para-hydroxylation sites is 1. The third-order valence-corrected chi connectivity index (χ3v) is 7.71. The molecule has 0 unspecified atom stereocenters. The maximum absolute atomic E-state index is 6.60. The Morgan fingerprint density at radius 3 is 2.17 bits per heavy atom. The van der Waals surface area contributed by atoms with E-state index in [-0.39, 0.29) is 18.3 Å². The van der Waals surface area contributed by atoms with Crippen molar-refractivity contribution in [2.75, 3.05) is 26.4 Å². The van der Waals surface area contributed by atoms with Crippen molar-refractivity contribution in [3.05, 3.63) is 108 Å². The highest BCUT2D eigenvalue weighted by Gasteiger charge is 2.40. The van der Waals surface area contributed by atoms with E-state index in [4.69, 9.17) is 29.4 Å². The molecule has 1 aromatic heterocycles. The first-order valence-electron chi connectivity index (χ1n) is 15.2. The van der Waals surface area contributed by atoms with E-state index in [1.165, 1.54) is 10.9 Å². The van der Waals surface area contributed by atoms with Gasteiger partial charge in [-0.1, -0.05) is 78.9 Å². The topological polar surface area (TPSA) is 88.0 Å². The third kappa shape index (κ3) is 8.98. The van der Waals surface area contributed by atoms with Gasteiger partial charge in [0.15, 0.2) is 6.29 Å². The van der Waals surface area contributed by atoms with E-state index in [9.17, 15) is 0 Å². The number of hydrogen-bond acceptors (Lipinski definition) is 6. The van der Waals surface area contributed by atoms with Crippen molar-refractivity contribution < 1.29 is 23.7 Å². The normalized spacial score (nSPS) is 20.7. The molecule has 0 spiro atoms. The Bertz CT molecular complexity index is 1300. The van der Waals surface area contributed by atoms with Gasteiger partial charge in [0, 0.05) is 30.1 Å². The Balaban J connectivity index is 1.25. The molecule has 0 aliphatic carbocycles. The lowest BCUT2D eigenvalue weighted by Crippen LogP contribution is -2.52. The standard InChI is InChI=1S/C35H44N2O5/c36-19-10-3-11-20-38-26-34-32(40-24-27-12-4-1-5-13-27)22-33(41-25-28-14-6-2-7-15-28)35(42-34)39-21-18-29-23-37-31-17-9-8-16-30(29)31/h1-2,4-9,12-17,23,32-35,37H,3,10-11,18-22,24-26,36H2/t32-,33+,34+,35-/m0/s1. The van der Waals surface area contributed by atoms with Crippen LogP contribution in [-0.2, 0) is 43.3 Å². The molecule has 3 aromatic carbocycles. The highest BCUT2D eigenvalue weighted by atomic mass is 16.7. The van der Waals surface area contributed by atoms with Gasteiger partial charge >= 0.3 is 0 Å². The number of aromatic nitrogens is 1. The van der Waals surface area contributed by atoms with Crippen LogP contribution in [0.3, 0.4) is 0 Å². The number of benzene rings is 3. The van der Waals surface area contributed by atoms with Gasteiger partial charge in [0.05, 0.1) is 32.5 Å². The summed E-state index contributed by atoms with van der Waals surface area (Å²) < 4.78 is 32.0. The van der Waals surface area contributed by atoms with Crippen molar-refractivity contribution in [1.29, 1.82) is 0 Å². The summed E-state index contributed by atoms with van der Waals surface area (Å²) in [4.78, 5) is 3.35. The Morgan fingerprint density at radius 1 is 0.738 bits per heavy atom. The molecule has 4 atom stereocenters. The molecule has 224 valence electrons. The highest BCUT2D eigenvalue weighted by Crippen LogP contribution is 2.29. The fraction of sp³-hybridized carbons (Fsp3) is 0.429. The van der Waals surface area contributed by atoms with Crippen LogP contribution in [0.25, 0.3) is 10.9 Å². The molecule has 1 aliphatic heterocycles. The number of unbranched alkanes of at least 4 members (excludes halogenated alkanes) is 2. The van der Waals surface area contributed by atoms with Crippen LogP contribution in [0.2, 0.25) is 0 Å². The van der Waals surface area contributed by atoms with Crippen molar-refractivity contribution in [2.24, 2.45) is 5.73 Å². The highest BCUT2D eigenvalue weighted by molar-refractivity contribution is 5.83. The van der Waals surface area contributed by atoms with Crippen molar-refractivity contribution in [1.82, 2.24) is 4.98 Å². The molecule has 1 saturated heterocycles. The molecule has 0 radical (unpaired) electrons. The lowest BCUT2D eigenvalue weighted by atomic mass is 10.0. The van der Waals surface area contributed by atoms with Crippen LogP contribution >= 0.6 is 0 Å². The number of fused-ring (bicyclic) bond motifs is 1. The smallest absolute Gasteiger partial charge is 0.184 e. The fourth-order valence-electron chi connectivity index (χ4n) is 5.36. The molecular weight excluding hydrogens is 528 g/mol. The molecule has 5 rings (SSSR count). The van der Waals surface area contributed by atoms with Crippen LogP contribution in [0, 0.1) is 0 Å². The quantitative estimate of drug-likeness (QED) is 0.147. The molecule has 1 aliphatic rings. The minimum atomic E-state index is -0.527. The maximum Gasteiger partial charge on any atom is 0.184 e. The molecule has 0 saturated carbocycles. The van der Waals surface area contributed by atoms with Crippen LogP contribution in [0.5, 0.6) is 0 Å². The molecule has 0 bridgehead atoms. The van der Waals surface area contributed by atoms with Crippen LogP contribution < -0.4 is 5.73 Å². The number of rotatable bonds is 17. The summed E-state index contributed by atoms with van der Waals surface area (Å²) in [5.74, 6) is 0. The van der Waals surface area contributed by atoms with Gasteiger partial charge in [0.1, 0.15) is 12.2 Å². The number of H-pyrrole nitrogens is 1. The van der Waals surface area contributed by atoms with E-state index < -0.39 is 6.29 Å². The van der Waals surface area contributed by atoms with Gasteiger partial charge in [-0.05, 0) is 55.0 Å². The molecular formula is C35H44N2O5. The summed E-state index contributed by atoms with van der Waals surface area (Å²) in [7, 11) is 0. The summed E-state index contributed by atoms with van der Waals surface area (Å²) in [6.07, 6.45) is 5.27. The molecule has 1 fully saturated rings. The fourth-order valence-corrected chi connectivity index (χ4v) is 5.36. The number of aromatic amines is 1. The van der Waals surface area contributed by atoms with E-state index in [2.05, 4.69) is 53.6 Å². The average molecular weight is 573 g/mol. The summed E-state index contributed by atoms with van der Waals surface area (Å²) in [5, 5.41) is 1.22. The van der Waals surface area contributed by atoms with Crippen molar-refractivity contribution >= 4 is 10.9 Å². The minimum absolute atomic E-state index is 0.191. The monoisotopic (exact) mass is 572 g/mol. The summed E-state index contributed by atoms with van der Waals surface area (Å²) in [6.45, 7) is 3.31. The Labute approximate surface area is 249 Å². The molecule has 3 N–H and O–H groups in total. The molecule has 4 aromatic rings. The first-order chi connectivity index (χ1) is 20.8. The largest absolute Gasteiger partial charge is 0.379 e. The van der Waals surface area contributed by atoms with E-state index in [0.717, 1.165) is 42.3 Å². The first kappa shape index (κ1) is 30.4. The van der Waals surface area contributed by atoms with Crippen LogP contribution in [0.15, 0.2) is 91.1 Å². The second-order valence-corrected chi connectivity index (χ2v) is 10.9. The number of nitrogens with two attached hydrogens (primary N) is 1. The average Bonchev–Trinajstić information content (AvgIpc) is 3.45. The van der Waals surface area contributed by atoms with Crippen LogP contribution in [0.1, 0.15) is 42.4 Å². The van der Waals surface area contributed by atoms with Gasteiger partial charge in [-0.25, -0.2) is 0 Å². The van der Waals surface area contributed by atoms with Crippen molar-refractivity contribution in [3.8, 4) is 0 Å². The predicted octanol–water partition coefficient (Wildman–Crippen LogP) is 6.16. The first-order valence-corrected chi connectivity index (χ1v) is 15.2. The lowest BCUT2D eigenvalue weighted by Gasteiger charge is -2.41. The van der Waals surface area contributed by atoms with Gasteiger partial charge in [0.2, 0.25) is 0 Å². The lowest BCUT2D eigenvalue weighted by molar-refractivity contribution is -0.289. The van der Waals surface area contributed by atoms with E-state index in [0.29, 0.717) is 46.0 Å². The molecule has 42 heavy (non-hydrogen) atoms. The summed E-state index contributed by atoms with van der Waals surface area (Å²) >= 11 is 0. The van der Waals surface area contributed by atoms with E-state index >= 15 is 0 Å². The zero-order chi connectivity index (χ0) is 28.8. The van der Waals surface area contributed by atoms with Crippen LogP contribution in [-0.4, -0.2) is 56.0 Å². The van der Waals surface area contributed by atoms with Gasteiger partial charge in [0.25, 0.3) is 0 Å². The van der Waals surface area contributed by atoms with Crippen LogP contribution in [0.4, 0.5) is 0 Å². The van der Waals surface area contributed by atoms with E-state index in [1.54, 1.807) is 0 Å². The number of ether oxygens (including phenoxy) is 5. The Morgan fingerprint density at radius 2 is 1.43 bits per heavy atom. The predicted molar refractivity (Wildman–Crippen MR) is 165 cm³/mol. The van der Waals surface area contributed by atoms with Gasteiger partial charge in [-0.3, -0.25) is 0 Å². The van der Waals surface area contributed by atoms with Crippen molar-refractivity contribution in [2.45, 2.75) is 69.9 Å². The van der Waals surface area contributed by atoms with Crippen molar-refractivity contribution in [3.63, 3.8) is 0 Å². The Hall–Kier alpha value is -3.04. The number of nitrogens with one attached hydrogen (secondary N) is 1. The van der Waals surface area contributed by atoms with Gasteiger partial charge < -0.3 is 34.4 Å². The molecule has 7 heteroatoms. The number of hydrogen-bond donors (Lipinski definition) is 2. The van der Waals surface area contributed by atoms with Gasteiger partial charge in [-0.2, -0.15) is 0 Å². The zero-order valence-electron chi connectivity index (χ0n) is 24.4. The summed E-state index contributed by atoms with van der Waals surface area (Å²) in [5.41, 5.74) is 10.2. The Kier molecular flexibility index (Phi) is 12.0. The second kappa shape index (κ2) is 16.6. The molecule has 2 heterocycles. The minimum Gasteiger partial charge on any atom is -0.379 e. The second-order valence-electron chi connectivity index (χ2n) is 10.9.